The number of hydrogen-bond acceptors (Lipinski definition) is 4. The predicted molar refractivity (Wildman–Crippen MR) is 59.3 cm³/mol. The SMILES string of the molecule is Cc1ccc(-c2nc(O)c(C)c(=O)o2)cc1. The molecule has 16 heavy (non-hydrogen) atoms. The molecule has 0 aliphatic carbocycles. The van der Waals surface area contributed by atoms with E-state index in [0.29, 0.717) is 5.56 Å². The molecule has 4 nitrogen and oxygen atoms in total. The Labute approximate surface area is 92.2 Å². The first-order valence-electron chi connectivity index (χ1n) is 4.85. The van der Waals surface area contributed by atoms with E-state index in [2.05, 4.69) is 4.98 Å². The molecule has 0 spiro atoms. The van der Waals surface area contributed by atoms with Crippen molar-refractivity contribution >= 4 is 0 Å². The van der Waals surface area contributed by atoms with E-state index in [1.165, 1.54) is 6.92 Å². The monoisotopic (exact) mass is 217 g/mol. The minimum absolute atomic E-state index is 0.121. The normalized spacial score (nSPS) is 10.4. The molecule has 0 amide bonds. The Bertz CT molecular complexity index is 570. The molecule has 0 fully saturated rings. The molecule has 0 bridgehead atoms. The zero-order chi connectivity index (χ0) is 11.7. The van der Waals surface area contributed by atoms with E-state index in [9.17, 15) is 9.90 Å². The lowest BCUT2D eigenvalue weighted by molar-refractivity contribution is 0.414. The number of aromatic nitrogens is 1. The second-order valence-corrected chi connectivity index (χ2v) is 3.62. The highest BCUT2D eigenvalue weighted by atomic mass is 16.4. The van der Waals surface area contributed by atoms with Crippen LogP contribution in [0.2, 0.25) is 0 Å². The zero-order valence-electron chi connectivity index (χ0n) is 9.02. The number of benzene rings is 1. The summed E-state index contributed by atoms with van der Waals surface area (Å²) < 4.78 is 4.99. The van der Waals surface area contributed by atoms with E-state index in [1.807, 2.05) is 19.1 Å². The van der Waals surface area contributed by atoms with Crippen molar-refractivity contribution in [3.63, 3.8) is 0 Å². The summed E-state index contributed by atoms with van der Waals surface area (Å²) in [7, 11) is 0. The van der Waals surface area contributed by atoms with Gasteiger partial charge in [-0.2, -0.15) is 4.98 Å². The average Bonchev–Trinajstić information content (AvgIpc) is 2.26. The third-order valence-corrected chi connectivity index (χ3v) is 2.34. The van der Waals surface area contributed by atoms with Crippen LogP contribution in [-0.2, 0) is 0 Å². The Hall–Kier alpha value is -2.10. The molecular weight excluding hydrogens is 206 g/mol. The first kappa shape index (κ1) is 10.4. The van der Waals surface area contributed by atoms with E-state index < -0.39 is 5.63 Å². The number of hydrogen-bond donors (Lipinski definition) is 1. The van der Waals surface area contributed by atoms with Crippen LogP contribution in [0.3, 0.4) is 0 Å². The fraction of sp³-hybridized carbons (Fsp3) is 0.167. The molecule has 0 saturated heterocycles. The maximum Gasteiger partial charge on any atom is 0.345 e. The van der Waals surface area contributed by atoms with Gasteiger partial charge in [0.2, 0.25) is 11.8 Å². The Balaban J connectivity index is 2.57. The molecular formula is C12H11NO3. The standard InChI is InChI=1S/C12H11NO3/c1-7-3-5-9(6-4-7)11-13-10(14)8(2)12(15)16-11/h3-6,14H,1-2H3. The largest absolute Gasteiger partial charge is 0.493 e. The summed E-state index contributed by atoms with van der Waals surface area (Å²) in [5.41, 5.74) is 1.32. The summed E-state index contributed by atoms with van der Waals surface area (Å²) in [5, 5.41) is 9.43. The lowest BCUT2D eigenvalue weighted by Gasteiger charge is -2.01. The van der Waals surface area contributed by atoms with Gasteiger partial charge in [0.15, 0.2) is 0 Å². The smallest absolute Gasteiger partial charge is 0.345 e. The molecule has 1 aromatic carbocycles. The summed E-state index contributed by atoms with van der Waals surface area (Å²) in [6.45, 7) is 3.42. The van der Waals surface area contributed by atoms with Crippen molar-refractivity contribution in [3.8, 4) is 17.3 Å². The van der Waals surface area contributed by atoms with Crippen molar-refractivity contribution in [3.05, 3.63) is 45.8 Å². The van der Waals surface area contributed by atoms with Crippen molar-refractivity contribution < 1.29 is 9.52 Å². The van der Waals surface area contributed by atoms with Gasteiger partial charge in [-0.3, -0.25) is 0 Å². The number of nitrogens with zero attached hydrogens (tertiary/aromatic N) is 1. The molecule has 1 heterocycles. The number of rotatable bonds is 1. The van der Waals surface area contributed by atoms with Gasteiger partial charge in [0.25, 0.3) is 0 Å². The molecule has 1 aromatic heterocycles. The van der Waals surface area contributed by atoms with Crippen LogP contribution in [0.25, 0.3) is 11.5 Å². The molecule has 82 valence electrons. The summed E-state index contributed by atoms with van der Waals surface area (Å²) >= 11 is 0. The van der Waals surface area contributed by atoms with Gasteiger partial charge in [-0.1, -0.05) is 17.7 Å². The minimum Gasteiger partial charge on any atom is -0.493 e. The Morgan fingerprint density at radius 1 is 1.19 bits per heavy atom. The molecule has 0 aliphatic rings. The summed E-state index contributed by atoms with van der Waals surface area (Å²) in [6.07, 6.45) is 0. The topological polar surface area (TPSA) is 63.3 Å². The van der Waals surface area contributed by atoms with E-state index >= 15 is 0 Å². The molecule has 4 heteroatoms. The van der Waals surface area contributed by atoms with Crippen molar-refractivity contribution in [1.29, 1.82) is 0 Å². The number of aromatic hydroxyl groups is 1. The second-order valence-electron chi connectivity index (χ2n) is 3.62. The highest BCUT2D eigenvalue weighted by Gasteiger charge is 2.09. The van der Waals surface area contributed by atoms with E-state index in [1.54, 1.807) is 12.1 Å². The maximum absolute atomic E-state index is 11.3. The molecule has 0 radical (unpaired) electrons. The third kappa shape index (κ3) is 1.82. The van der Waals surface area contributed by atoms with Crippen LogP contribution >= 0.6 is 0 Å². The van der Waals surface area contributed by atoms with Gasteiger partial charge in [0.1, 0.15) is 0 Å². The second kappa shape index (κ2) is 3.81. The highest BCUT2D eigenvalue weighted by Crippen LogP contribution is 2.19. The van der Waals surface area contributed by atoms with Crippen molar-refractivity contribution in [2.75, 3.05) is 0 Å². The van der Waals surface area contributed by atoms with Crippen LogP contribution in [0.15, 0.2) is 33.5 Å². The van der Waals surface area contributed by atoms with Gasteiger partial charge in [0.05, 0.1) is 5.56 Å². The molecule has 2 aromatic rings. The van der Waals surface area contributed by atoms with E-state index in [0.717, 1.165) is 5.56 Å². The highest BCUT2D eigenvalue weighted by molar-refractivity contribution is 5.54. The Kier molecular flexibility index (Phi) is 2.48. The van der Waals surface area contributed by atoms with Crippen LogP contribution in [0.1, 0.15) is 11.1 Å². The van der Waals surface area contributed by atoms with Gasteiger partial charge >= 0.3 is 5.63 Å². The van der Waals surface area contributed by atoms with Crippen LogP contribution in [0.5, 0.6) is 5.88 Å². The van der Waals surface area contributed by atoms with Crippen molar-refractivity contribution in [2.24, 2.45) is 0 Å². The van der Waals surface area contributed by atoms with Gasteiger partial charge < -0.3 is 9.52 Å². The fourth-order valence-corrected chi connectivity index (χ4v) is 1.28. The molecule has 0 unspecified atom stereocenters. The first-order chi connectivity index (χ1) is 7.58. The molecule has 0 saturated carbocycles. The van der Waals surface area contributed by atoms with Crippen LogP contribution in [0.4, 0.5) is 0 Å². The van der Waals surface area contributed by atoms with E-state index in [4.69, 9.17) is 4.42 Å². The third-order valence-electron chi connectivity index (χ3n) is 2.34. The maximum atomic E-state index is 11.3. The fourth-order valence-electron chi connectivity index (χ4n) is 1.28. The average molecular weight is 217 g/mol. The Morgan fingerprint density at radius 2 is 1.81 bits per heavy atom. The van der Waals surface area contributed by atoms with Gasteiger partial charge in [-0.25, -0.2) is 4.79 Å². The van der Waals surface area contributed by atoms with Crippen molar-refractivity contribution in [1.82, 2.24) is 4.98 Å². The van der Waals surface area contributed by atoms with Crippen LogP contribution < -0.4 is 5.63 Å². The van der Waals surface area contributed by atoms with E-state index in [-0.39, 0.29) is 17.3 Å². The van der Waals surface area contributed by atoms with Gasteiger partial charge in [-0.15, -0.1) is 0 Å². The summed E-state index contributed by atoms with van der Waals surface area (Å²) in [4.78, 5) is 15.2. The molecule has 0 aliphatic heterocycles. The summed E-state index contributed by atoms with van der Waals surface area (Å²) in [6, 6.07) is 7.34. The lowest BCUT2D eigenvalue weighted by Crippen LogP contribution is -2.05. The first-order valence-corrected chi connectivity index (χ1v) is 4.85. The molecule has 0 atom stereocenters. The lowest BCUT2D eigenvalue weighted by atomic mass is 10.1. The molecule has 2 rings (SSSR count). The van der Waals surface area contributed by atoms with Crippen LogP contribution in [0, 0.1) is 13.8 Å². The quantitative estimate of drug-likeness (QED) is 0.793. The number of aryl methyl sites for hydroxylation is 1. The molecule has 1 N–H and O–H groups in total. The van der Waals surface area contributed by atoms with Gasteiger partial charge in [-0.05, 0) is 26.0 Å². The Morgan fingerprint density at radius 3 is 2.38 bits per heavy atom. The van der Waals surface area contributed by atoms with Crippen molar-refractivity contribution in [2.45, 2.75) is 13.8 Å². The van der Waals surface area contributed by atoms with Crippen LogP contribution in [-0.4, -0.2) is 10.1 Å². The van der Waals surface area contributed by atoms with Gasteiger partial charge in [0, 0.05) is 5.56 Å². The minimum atomic E-state index is -0.567. The zero-order valence-corrected chi connectivity index (χ0v) is 9.02. The summed E-state index contributed by atoms with van der Waals surface area (Å²) in [5.74, 6) is -0.153. The predicted octanol–water partition coefficient (Wildman–Crippen LogP) is 2.02.